The van der Waals surface area contributed by atoms with Crippen molar-refractivity contribution < 1.29 is 0 Å². The maximum atomic E-state index is 4.38. The number of aromatic nitrogens is 4. The van der Waals surface area contributed by atoms with Gasteiger partial charge in [0.1, 0.15) is 0 Å². The van der Waals surface area contributed by atoms with E-state index in [1.54, 1.807) is 4.80 Å². The van der Waals surface area contributed by atoms with Crippen LogP contribution in [0.4, 0.5) is 0 Å². The maximum absolute atomic E-state index is 4.38. The second kappa shape index (κ2) is 5.32. The van der Waals surface area contributed by atoms with E-state index in [2.05, 4.69) is 31.3 Å². The first-order valence-corrected chi connectivity index (χ1v) is 6.68. The van der Waals surface area contributed by atoms with Crippen LogP contribution in [0.25, 0.3) is 11.4 Å². The minimum absolute atomic E-state index is 0.629. The van der Waals surface area contributed by atoms with Gasteiger partial charge in [0, 0.05) is 10.0 Å². The largest absolute Gasteiger partial charge is 0.204 e. The molecule has 3 aromatic rings. The Morgan fingerprint density at radius 1 is 0.947 bits per heavy atom. The van der Waals surface area contributed by atoms with Crippen LogP contribution in [0.3, 0.4) is 0 Å². The number of hydrogen-bond donors (Lipinski definition) is 0. The highest BCUT2D eigenvalue weighted by Gasteiger charge is 2.05. The van der Waals surface area contributed by atoms with Crippen LogP contribution in [0.2, 0.25) is 0 Å². The fraction of sp³-hybridized carbons (Fsp3) is 0.0714. The zero-order valence-corrected chi connectivity index (χ0v) is 11.7. The minimum Gasteiger partial charge on any atom is -0.159 e. The Kier molecular flexibility index (Phi) is 3.37. The molecule has 1 heterocycles. The molecule has 0 atom stereocenters. The second-order valence-electron chi connectivity index (χ2n) is 4.14. The summed E-state index contributed by atoms with van der Waals surface area (Å²) >= 11 is 3.41. The van der Waals surface area contributed by atoms with Gasteiger partial charge in [-0.1, -0.05) is 46.3 Å². The predicted molar refractivity (Wildman–Crippen MR) is 76.5 cm³/mol. The first kappa shape index (κ1) is 12.0. The van der Waals surface area contributed by atoms with Crippen molar-refractivity contribution in [1.82, 2.24) is 20.2 Å². The highest BCUT2D eigenvalue weighted by molar-refractivity contribution is 9.10. The average molecular weight is 315 g/mol. The van der Waals surface area contributed by atoms with Crippen LogP contribution < -0.4 is 0 Å². The molecule has 94 valence electrons. The molecule has 2 aromatic carbocycles. The molecule has 0 unspecified atom stereocenters. The topological polar surface area (TPSA) is 43.6 Å². The Balaban J connectivity index is 1.82. The molecule has 0 bridgehead atoms. The van der Waals surface area contributed by atoms with Crippen LogP contribution in [0.15, 0.2) is 59.1 Å². The van der Waals surface area contributed by atoms with Crippen LogP contribution in [-0.2, 0) is 6.54 Å². The zero-order chi connectivity index (χ0) is 13.1. The third-order valence-electron chi connectivity index (χ3n) is 2.72. The summed E-state index contributed by atoms with van der Waals surface area (Å²) < 4.78 is 1.04. The van der Waals surface area contributed by atoms with Gasteiger partial charge < -0.3 is 0 Å². The summed E-state index contributed by atoms with van der Waals surface area (Å²) in [5.41, 5.74) is 2.12. The lowest BCUT2D eigenvalue weighted by Gasteiger charge is -1.98. The first-order chi connectivity index (χ1) is 9.31. The van der Waals surface area contributed by atoms with E-state index in [0.717, 1.165) is 15.6 Å². The summed E-state index contributed by atoms with van der Waals surface area (Å²) in [6.45, 7) is 0.629. The van der Waals surface area contributed by atoms with Crippen molar-refractivity contribution in [1.29, 1.82) is 0 Å². The van der Waals surface area contributed by atoms with Gasteiger partial charge in [0.05, 0.1) is 6.54 Å². The third-order valence-corrected chi connectivity index (χ3v) is 3.25. The Morgan fingerprint density at radius 3 is 2.42 bits per heavy atom. The second-order valence-corrected chi connectivity index (χ2v) is 5.05. The van der Waals surface area contributed by atoms with Crippen LogP contribution in [0.5, 0.6) is 0 Å². The van der Waals surface area contributed by atoms with E-state index in [0.29, 0.717) is 12.4 Å². The van der Waals surface area contributed by atoms with Gasteiger partial charge in [0.25, 0.3) is 0 Å². The molecule has 0 saturated carbocycles. The Hall–Kier alpha value is -2.01. The van der Waals surface area contributed by atoms with Crippen LogP contribution in [0.1, 0.15) is 5.56 Å². The Morgan fingerprint density at radius 2 is 1.68 bits per heavy atom. The number of halogens is 1. The summed E-state index contributed by atoms with van der Waals surface area (Å²) in [7, 11) is 0. The first-order valence-electron chi connectivity index (χ1n) is 5.89. The molecule has 0 radical (unpaired) electrons. The molecule has 0 N–H and O–H groups in total. The van der Waals surface area contributed by atoms with E-state index >= 15 is 0 Å². The Labute approximate surface area is 119 Å². The fourth-order valence-electron chi connectivity index (χ4n) is 1.77. The molecule has 0 fully saturated rings. The summed E-state index contributed by atoms with van der Waals surface area (Å²) in [4.78, 5) is 1.60. The van der Waals surface area contributed by atoms with Crippen molar-refractivity contribution in [2.24, 2.45) is 0 Å². The van der Waals surface area contributed by atoms with Gasteiger partial charge in [-0.2, -0.15) is 4.80 Å². The van der Waals surface area contributed by atoms with Gasteiger partial charge in [-0.3, -0.25) is 0 Å². The molecular weight excluding hydrogens is 304 g/mol. The SMILES string of the molecule is Brc1ccc(-c2nnn(Cc3ccccc3)n2)cc1. The molecule has 0 spiro atoms. The predicted octanol–water partition coefficient (Wildman–Crippen LogP) is 3.15. The number of nitrogens with zero attached hydrogens (tertiary/aromatic N) is 4. The fourth-order valence-corrected chi connectivity index (χ4v) is 2.04. The third kappa shape index (κ3) is 2.88. The number of rotatable bonds is 3. The standard InChI is InChI=1S/C14H11BrN4/c15-13-8-6-12(7-9-13)14-16-18-19(17-14)10-11-4-2-1-3-5-11/h1-9H,10H2. The van der Waals surface area contributed by atoms with Gasteiger partial charge in [-0.25, -0.2) is 0 Å². The smallest absolute Gasteiger partial charge is 0.159 e. The minimum atomic E-state index is 0.629. The summed E-state index contributed by atoms with van der Waals surface area (Å²) in [6.07, 6.45) is 0. The molecular formula is C14H11BrN4. The summed E-state index contributed by atoms with van der Waals surface area (Å²) in [6, 6.07) is 17.9. The number of tetrazole rings is 1. The van der Waals surface area contributed by atoms with Crippen molar-refractivity contribution in [3.8, 4) is 11.4 Å². The van der Waals surface area contributed by atoms with Crippen molar-refractivity contribution in [2.45, 2.75) is 6.54 Å². The van der Waals surface area contributed by atoms with Crippen molar-refractivity contribution >= 4 is 15.9 Å². The lowest BCUT2D eigenvalue weighted by Crippen LogP contribution is -2.03. The van der Waals surface area contributed by atoms with E-state index < -0.39 is 0 Å². The molecule has 3 rings (SSSR count). The van der Waals surface area contributed by atoms with E-state index in [9.17, 15) is 0 Å². The van der Waals surface area contributed by atoms with E-state index in [-0.39, 0.29) is 0 Å². The van der Waals surface area contributed by atoms with Gasteiger partial charge in [-0.05, 0) is 35.0 Å². The van der Waals surface area contributed by atoms with Gasteiger partial charge in [0.15, 0.2) is 0 Å². The molecule has 0 saturated heterocycles. The Bertz CT molecular complexity index is 661. The number of benzene rings is 2. The van der Waals surface area contributed by atoms with Crippen molar-refractivity contribution in [3.05, 3.63) is 64.6 Å². The summed E-state index contributed by atoms with van der Waals surface area (Å²) in [5.74, 6) is 0.642. The molecule has 1 aromatic heterocycles. The highest BCUT2D eigenvalue weighted by atomic mass is 79.9. The molecule has 4 nitrogen and oxygen atoms in total. The zero-order valence-electron chi connectivity index (χ0n) is 10.1. The molecule has 0 aliphatic rings. The molecule has 5 heteroatoms. The van der Waals surface area contributed by atoms with Crippen LogP contribution in [0, 0.1) is 0 Å². The highest BCUT2D eigenvalue weighted by Crippen LogP contribution is 2.17. The normalized spacial score (nSPS) is 10.6. The van der Waals surface area contributed by atoms with Gasteiger partial charge >= 0.3 is 0 Å². The van der Waals surface area contributed by atoms with E-state index in [4.69, 9.17) is 0 Å². The molecule has 0 aliphatic heterocycles. The van der Waals surface area contributed by atoms with Crippen LogP contribution >= 0.6 is 15.9 Å². The van der Waals surface area contributed by atoms with E-state index in [1.807, 2.05) is 54.6 Å². The molecule has 0 amide bonds. The molecule has 0 aliphatic carbocycles. The lowest BCUT2D eigenvalue weighted by molar-refractivity contribution is 0.573. The lowest BCUT2D eigenvalue weighted by atomic mass is 10.2. The monoisotopic (exact) mass is 314 g/mol. The van der Waals surface area contributed by atoms with Gasteiger partial charge in [-0.15, -0.1) is 10.2 Å². The number of hydrogen-bond acceptors (Lipinski definition) is 3. The molecule has 19 heavy (non-hydrogen) atoms. The maximum Gasteiger partial charge on any atom is 0.204 e. The van der Waals surface area contributed by atoms with Crippen molar-refractivity contribution in [3.63, 3.8) is 0 Å². The van der Waals surface area contributed by atoms with Crippen LogP contribution in [-0.4, -0.2) is 20.2 Å². The average Bonchev–Trinajstić information content (AvgIpc) is 2.89. The summed E-state index contributed by atoms with van der Waals surface area (Å²) in [5, 5.41) is 12.5. The van der Waals surface area contributed by atoms with E-state index in [1.165, 1.54) is 0 Å². The van der Waals surface area contributed by atoms with Crippen molar-refractivity contribution in [2.75, 3.05) is 0 Å². The quantitative estimate of drug-likeness (QED) is 0.746. The van der Waals surface area contributed by atoms with Gasteiger partial charge in [0.2, 0.25) is 5.82 Å².